The van der Waals surface area contributed by atoms with Gasteiger partial charge in [-0.25, -0.2) is 16.9 Å². The van der Waals surface area contributed by atoms with E-state index in [9.17, 15) is 4.79 Å². The number of rotatable bonds is 7. The maximum absolute atomic E-state index is 11.7. The number of fused-ring (bicyclic) bond motifs is 1. The van der Waals surface area contributed by atoms with E-state index >= 15 is 0 Å². The van der Waals surface area contributed by atoms with Gasteiger partial charge in [0, 0.05) is 25.1 Å². The van der Waals surface area contributed by atoms with Crippen molar-refractivity contribution in [1.29, 1.82) is 0 Å². The zero-order valence-electron chi connectivity index (χ0n) is 13.6. The Labute approximate surface area is 157 Å². The number of benzene rings is 1. The Morgan fingerprint density at radius 2 is 2.29 bits per heavy atom. The molecule has 2 N–H and O–H groups in total. The topological polar surface area (TPSA) is 73.7 Å². The minimum atomic E-state index is -0.305. The van der Waals surface area contributed by atoms with Crippen molar-refractivity contribution in [2.45, 2.75) is 37.9 Å². The number of anilines is 1. The van der Waals surface area contributed by atoms with Gasteiger partial charge >= 0.3 is 21.1 Å². The number of para-hydroxylation sites is 1. The van der Waals surface area contributed by atoms with Crippen LogP contribution in [0.5, 0.6) is 0 Å². The average molecular weight is 501 g/mol. The third-order valence-corrected chi connectivity index (χ3v) is 4.07. The number of hydroxylamine groups is 1. The Kier molecular flexibility index (Phi) is 8.19. The van der Waals surface area contributed by atoms with Crippen LogP contribution in [0.4, 0.5) is 5.69 Å². The molecule has 1 saturated heterocycles. The van der Waals surface area contributed by atoms with Crippen molar-refractivity contribution in [3.05, 3.63) is 41.7 Å². The Hall–Kier alpha value is -0.942. The number of carbonyl (C=O) groups is 1. The smallest absolute Gasteiger partial charge is 0.663 e. The molecule has 2 unspecified atom stereocenters. The summed E-state index contributed by atoms with van der Waals surface area (Å²) in [6.45, 7) is 3.93. The molecule has 0 saturated carbocycles. The first-order valence-electron chi connectivity index (χ1n) is 8.21. The molecule has 6 nitrogen and oxygen atoms in total. The summed E-state index contributed by atoms with van der Waals surface area (Å²) in [6, 6.07) is 8.21. The first-order valence-corrected chi connectivity index (χ1v) is 8.21. The van der Waals surface area contributed by atoms with E-state index in [1.165, 1.54) is 5.56 Å². The molecule has 0 aliphatic carbocycles. The van der Waals surface area contributed by atoms with Crippen LogP contribution in [-0.4, -0.2) is 31.9 Å². The summed E-state index contributed by atoms with van der Waals surface area (Å²) in [5, 5.41) is 7.73. The molecule has 1 amide bonds. The van der Waals surface area contributed by atoms with Crippen molar-refractivity contribution in [3.8, 4) is 0 Å². The van der Waals surface area contributed by atoms with Gasteiger partial charge in [-0.2, -0.15) is 6.54 Å². The zero-order chi connectivity index (χ0) is 15.9. The van der Waals surface area contributed by atoms with E-state index in [4.69, 9.17) is 9.57 Å². The van der Waals surface area contributed by atoms with E-state index in [0.29, 0.717) is 26.1 Å². The second kappa shape index (κ2) is 10.1. The van der Waals surface area contributed by atoms with E-state index < -0.39 is 0 Å². The normalized spacial score (nSPS) is 22.2. The van der Waals surface area contributed by atoms with Gasteiger partial charge in [0.05, 0.1) is 0 Å². The number of nitrogens with one attached hydrogen (secondary N) is 2. The van der Waals surface area contributed by atoms with Crippen LogP contribution < -0.4 is 10.8 Å². The number of hydrogen-bond acceptors (Lipinski definition) is 4. The molecule has 7 heteroatoms. The number of ether oxygens (including phenoxy) is 1. The first kappa shape index (κ1) is 19.4. The van der Waals surface area contributed by atoms with Gasteiger partial charge < -0.3 is 15.4 Å². The predicted octanol–water partition coefficient (Wildman–Crippen LogP) is 2.69. The average Bonchev–Trinajstić information content (AvgIpc) is 3.01. The summed E-state index contributed by atoms with van der Waals surface area (Å²) in [6.07, 6.45) is 2.98. The zero-order valence-corrected chi connectivity index (χ0v) is 16.5. The Bertz CT molecular complexity index is 524. The molecule has 0 aromatic heterocycles. The first-order chi connectivity index (χ1) is 11.3. The fourth-order valence-corrected chi connectivity index (χ4v) is 2.78. The van der Waals surface area contributed by atoms with Crippen LogP contribution in [0.2, 0.25) is 0 Å². The molecule has 0 bridgehead atoms. The van der Waals surface area contributed by atoms with E-state index in [0.717, 1.165) is 24.9 Å². The second-order valence-corrected chi connectivity index (χ2v) is 5.82. The molecule has 130 valence electrons. The standard InChI is InChI=1S/C17H23N3O3.W/c21-16(20-23-17-7-3-4-10-22-17)8-9-18-11-13-12-19-15-6-2-1-5-14(13)15;/h1-2,5-6,12-13,17,19H,3-4,7-11H2,(H,20,21);/q-2;+2. The van der Waals surface area contributed by atoms with Gasteiger partial charge in [0.1, 0.15) is 0 Å². The molecule has 2 heterocycles. The van der Waals surface area contributed by atoms with Crippen LogP contribution in [0.1, 0.15) is 37.2 Å². The minimum Gasteiger partial charge on any atom is -0.663 e. The van der Waals surface area contributed by atoms with Gasteiger partial charge in [-0.1, -0.05) is 23.8 Å². The van der Waals surface area contributed by atoms with Crippen molar-refractivity contribution in [2.75, 3.05) is 25.0 Å². The molecule has 0 radical (unpaired) electrons. The maximum Gasteiger partial charge on any atom is 2.00 e. The van der Waals surface area contributed by atoms with Crippen molar-refractivity contribution < 1.29 is 35.4 Å². The van der Waals surface area contributed by atoms with Crippen molar-refractivity contribution in [2.24, 2.45) is 0 Å². The summed E-state index contributed by atoms with van der Waals surface area (Å²) in [4.78, 5) is 17.0. The number of carbonyl (C=O) groups excluding carboxylic acids is 1. The number of amides is 1. The van der Waals surface area contributed by atoms with Crippen molar-refractivity contribution in [3.63, 3.8) is 0 Å². The van der Waals surface area contributed by atoms with Crippen LogP contribution in [0.15, 0.2) is 24.3 Å². The van der Waals surface area contributed by atoms with Crippen molar-refractivity contribution in [1.82, 2.24) is 5.48 Å². The van der Waals surface area contributed by atoms with Gasteiger partial charge in [-0.05, 0) is 18.9 Å². The molecule has 24 heavy (non-hydrogen) atoms. The Balaban J connectivity index is 0.00000208. The fourth-order valence-electron chi connectivity index (χ4n) is 2.78. The van der Waals surface area contributed by atoms with Crippen LogP contribution in [0.25, 0.3) is 5.32 Å². The molecule has 2 atom stereocenters. The van der Waals surface area contributed by atoms with E-state index in [2.05, 4.69) is 34.8 Å². The van der Waals surface area contributed by atoms with Gasteiger partial charge in [-0.3, -0.25) is 4.79 Å². The molecule has 2 aliphatic rings. The second-order valence-electron chi connectivity index (χ2n) is 5.82. The largest absolute Gasteiger partial charge is 2.00 e. The minimum absolute atomic E-state index is 0. The fraction of sp³-hybridized carbons (Fsp3) is 0.529. The Morgan fingerprint density at radius 3 is 3.12 bits per heavy atom. The van der Waals surface area contributed by atoms with E-state index in [1.54, 1.807) is 0 Å². The molecule has 1 aromatic carbocycles. The van der Waals surface area contributed by atoms with E-state index in [1.807, 2.05) is 12.1 Å². The number of hydrogen-bond donors (Lipinski definition) is 2. The summed E-state index contributed by atoms with van der Waals surface area (Å²) in [5.41, 5.74) is 4.86. The van der Waals surface area contributed by atoms with Crippen LogP contribution in [0, 0.1) is 6.54 Å². The summed E-state index contributed by atoms with van der Waals surface area (Å²) >= 11 is 0. The molecule has 3 rings (SSSR count). The number of nitrogens with zero attached hydrogens (tertiary/aromatic N) is 1. The van der Waals surface area contributed by atoms with Gasteiger partial charge in [0.25, 0.3) is 0 Å². The van der Waals surface area contributed by atoms with Crippen LogP contribution in [0.3, 0.4) is 0 Å². The maximum atomic E-state index is 11.7. The summed E-state index contributed by atoms with van der Waals surface area (Å²) < 4.78 is 5.38. The molecule has 2 aliphatic heterocycles. The monoisotopic (exact) mass is 501 g/mol. The summed E-state index contributed by atoms with van der Waals surface area (Å²) in [7, 11) is 0. The van der Waals surface area contributed by atoms with Crippen LogP contribution >= 0.6 is 0 Å². The van der Waals surface area contributed by atoms with Gasteiger partial charge in [-0.15, -0.1) is 12.5 Å². The summed E-state index contributed by atoms with van der Waals surface area (Å²) in [5.74, 6) is 0.123. The van der Waals surface area contributed by atoms with Crippen molar-refractivity contribution >= 4 is 11.6 Å². The van der Waals surface area contributed by atoms with Gasteiger partial charge in [0.15, 0.2) is 6.29 Å². The molecular formula is C17H23N3O3W. The molecule has 1 fully saturated rings. The SMILES string of the molecule is O=C(CC[N-]CC1[CH-]Nc2ccccc21)NOC1CCCCO1.[W+2]. The van der Waals surface area contributed by atoms with Gasteiger partial charge in [0.2, 0.25) is 5.91 Å². The molecular weight excluding hydrogens is 478 g/mol. The predicted molar refractivity (Wildman–Crippen MR) is 87.6 cm³/mol. The third-order valence-electron chi connectivity index (χ3n) is 4.07. The Morgan fingerprint density at radius 1 is 1.42 bits per heavy atom. The van der Waals surface area contributed by atoms with E-state index in [-0.39, 0.29) is 39.2 Å². The third kappa shape index (κ3) is 5.55. The molecule has 1 aromatic rings. The quantitative estimate of drug-likeness (QED) is 0.343. The molecule has 0 spiro atoms. The van der Waals surface area contributed by atoms with Crippen LogP contribution in [-0.2, 0) is 35.4 Å².